The zero-order valence-corrected chi connectivity index (χ0v) is 12.5. The van der Waals surface area contributed by atoms with Gasteiger partial charge in [-0.05, 0) is 12.8 Å². The lowest BCUT2D eigenvalue weighted by Crippen LogP contribution is -2.15. The maximum Gasteiger partial charge on any atom is 0.358 e. The second kappa shape index (κ2) is 6.99. The predicted octanol–water partition coefficient (Wildman–Crippen LogP) is 2.98. The second-order valence-corrected chi connectivity index (χ2v) is 5.55. The molecule has 2 rings (SSSR count). The second-order valence-electron chi connectivity index (χ2n) is 5.14. The van der Waals surface area contributed by atoms with Crippen LogP contribution in [0.1, 0.15) is 55.3 Å². The van der Waals surface area contributed by atoms with Gasteiger partial charge in [0.05, 0.1) is 23.9 Å². The number of esters is 1. The lowest BCUT2D eigenvalue weighted by molar-refractivity contribution is 0.0379. The molecule has 0 bridgehead atoms. The van der Waals surface area contributed by atoms with Gasteiger partial charge >= 0.3 is 5.97 Å². The van der Waals surface area contributed by atoms with Crippen molar-refractivity contribution in [3.63, 3.8) is 0 Å². The highest BCUT2D eigenvalue weighted by Crippen LogP contribution is 2.18. The Labute approximate surface area is 123 Å². The summed E-state index contributed by atoms with van der Waals surface area (Å²) in [6.07, 6.45) is 4.47. The Morgan fingerprint density at radius 2 is 2.40 bits per heavy atom. The van der Waals surface area contributed by atoms with Crippen molar-refractivity contribution < 1.29 is 14.3 Å². The molecule has 1 aromatic rings. The molecule has 1 aliphatic heterocycles. The van der Waals surface area contributed by atoms with Gasteiger partial charge in [0, 0.05) is 18.9 Å². The molecule has 0 aromatic carbocycles. The van der Waals surface area contributed by atoms with Gasteiger partial charge in [0.1, 0.15) is 5.82 Å². The number of carbonyl (C=O) groups is 1. The molecule has 1 aliphatic rings. The average molecular weight is 299 g/mol. The van der Waals surface area contributed by atoms with E-state index in [0.29, 0.717) is 18.9 Å². The van der Waals surface area contributed by atoms with Crippen molar-refractivity contribution in [2.75, 3.05) is 13.2 Å². The number of carbonyl (C=O) groups excluding carboxylic acids is 1. The highest BCUT2D eigenvalue weighted by molar-refractivity contribution is 6.33. The first-order valence-electron chi connectivity index (χ1n) is 6.89. The Morgan fingerprint density at radius 1 is 1.60 bits per heavy atom. The molecule has 1 atom stereocenters. The fourth-order valence-electron chi connectivity index (χ4n) is 2.03. The minimum absolute atomic E-state index is 0.130. The molecule has 0 N–H and O–H groups in total. The molecule has 1 saturated heterocycles. The van der Waals surface area contributed by atoms with E-state index < -0.39 is 5.97 Å². The van der Waals surface area contributed by atoms with Gasteiger partial charge in [-0.1, -0.05) is 25.4 Å². The SMILES string of the molecule is CC(C)c1ncc(Cl)c(C(=O)OCCC2CCCO2)n1. The third-order valence-electron chi connectivity index (χ3n) is 3.17. The van der Waals surface area contributed by atoms with E-state index >= 15 is 0 Å². The minimum atomic E-state index is -0.503. The van der Waals surface area contributed by atoms with Crippen LogP contribution in [0.3, 0.4) is 0 Å². The molecular weight excluding hydrogens is 280 g/mol. The van der Waals surface area contributed by atoms with E-state index in [9.17, 15) is 4.79 Å². The van der Waals surface area contributed by atoms with Crippen LogP contribution in [-0.2, 0) is 9.47 Å². The van der Waals surface area contributed by atoms with Gasteiger partial charge < -0.3 is 9.47 Å². The maximum absolute atomic E-state index is 12.0. The topological polar surface area (TPSA) is 61.3 Å². The first-order chi connectivity index (χ1) is 9.58. The van der Waals surface area contributed by atoms with E-state index in [0.717, 1.165) is 19.4 Å². The van der Waals surface area contributed by atoms with Crippen molar-refractivity contribution in [1.29, 1.82) is 0 Å². The van der Waals surface area contributed by atoms with E-state index in [4.69, 9.17) is 21.1 Å². The number of rotatable bonds is 5. The summed E-state index contributed by atoms with van der Waals surface area (Å²) in [5, 5.41) is 0.219. The zero-order chi connectivity index (χ0) is 14.5. The minimum Gasteiger partial charge on any atom is -0.461 e. The molecule has 110 valence electrons. The van der Waals surface area contributed by atoms with Crippen LogP contribution >= 0.6 is 11.6 Å². The van der Waals surface area contributed by atoms with Gasteiger partial charge in [0.25, 0.3) is 0 Å². The Bertz CT molecular complexity index is 473. The van der Waals surface area contributed by atoms with Crippen molar-refractivity contribution in [3.05, 3.63) is 22.7 Å². The number of hydrogen-bond donors (Lipinski definition) is 0. The quantitative estimate of drug-likeness (QED) is 0.782. The largest absolute Gasteiger partial charge is 0.461 e. The third kappa shape index (κ3) is 3.90. The molecule has 0 radical (unpaired) electrons. The summed E-state index contributed by atoms with van der Waals surface area (Å²) < 4.78 is 10.7. The number of hydrogen-bond acceptors (Lipinski definition) is 5. The maximum atomic E-state index is 12.0. The highest BCUT2D eigenvalue weighted by Gasteiger charge is 2.19. The van der Waals surface area contributed by atoms with Crippen LogP contribution < -0.4 is 0 Å². The first kappa shape index (κ1) is 15.2. The molecule has 0 spiro atoms. The molecule has 20 heavy (non-hydrogen) atoms. The van der Waals surface area contributed by atoms with Crippen molar-refractivity contribution >= 4 is 17.6 Å². The summed E-state index contributed by atoms with van der Waals surface area (Å²) in [4.78, 5) is 20.2. The molecule has 1 unspecified atom stereocenters. The number of aromatic nitrogens is 2. The first-order valence-corrected chi connectivity index (χ1v) is 7.27. The van der Waals surface area contributed by atoms with E-state index in [2.05, 4.69) is 9.97 Å². The lowest BCUT2D eigenvalue weighted by atomic mass is 10.2. The summed E-state index contributed by atoms with van der Waals surface area (Å²) in [7, 11) is 0. The summed E-state index contributed by atoms with van der Waals surface area (Å²) in [6.45, 7) is 5.03. The van der Waals surface area contributed by atoms with E-state index in [1.165, 1.54) is 6.20 Å². The molecule has 2 heterocycles. The summed E-state index contributed by atoms with van der Waals surface area (Å²) in [5.41, 5.74) is 0.137. The summed E-state index contributed by atoms with van der Waals surface area (Å²) in [6, 6.07) is 0. The van der Waals surface area contributed by atoms with Crippen LogP contribution in [0, 0.1) is 0 Å². The number of nitrogens with zero attached hydrogens (tertiary/aromatic N) is 2. The molecule has 1 aromatic heterocycles. The molecule has 6 heteroatoms. The van der Waals surface area contributed by atoms with Crippen LogP contribution in [0.5, 0.6) is 0 Å². The number of ether oxygens (including phenoxy) is 2. The molecule has 0 saturated carbocycles. The lowest BCUT2D eigenvalue weighted by Gasteiger charge is -2.11. The van der Waals surface area contributed by atoms with E-state index in [-0.39, 0.29) is 22.7 Å². The molecule has 0 amide bonds. The van der Waals surface area contributed by atoms with Crippen LogP contribution in [0.2, 0.25) is 5.02 Å². The predicted molar refractivity (Wildman–Crippen MR) is 75.0 cm³/mol. The molecule has 5 nitrogen and oxygen atoms in total. The summed E-state index contributed by atoms with van der Waals surface area (Å²) in [5.74, 6) is 0.212. The van der Waals surface area contributed by atoms with E-state index in [1.54, 1.807) is 0 Å². The molecule has 1 fully saturated rings. The average Bonchev–Trinajstić information content (AvgIpc) is 2.92. The van der Waals surface area contributed by atoms with Gasteiger partial charge in [0.2, 0.25) is 0 Å². The Hall–Kier alpha value is -1.20. The van der Waals surface area contributed by atoms with Gasteiger partial charge in [-0.15, -0.1) is 0 Å². The van der Waals surface area contributed by atoms with Crippen molar-refractivity contribution in [2.24, 2.45) is 0 Å². The fourth-order valence-corrected chi connectivity index (χ4v) is 2.19. The standard InChI is InChI=1S/C14H19ClN2O3/c1-9(2)13-16-8-11(15)12(17-13)14(18)20-7-5-10-4-3-6-19-10/h8-10H,3-7H2,1-2H3. The van der Waals surface area contributed by atoms with Crippen molar-refractivity contribution in [2.45, 2.75) is 45.1 Å². The highest BCUT2D eigenvalue weighted by atomic mass is 35.5. The van der Waals surface area contributed by atoms with Crippen LogP contribution in [-0.4, -0.2) is 35.3 Å². The van der Waals surface area contributed by atoms with Gasteiger partial charge in [0.15, 0.2) is 5.69 Å². The third-order valence-corrected chi connectivity index (χ3v) is 3.45. The van der Waals surface area contributed by atoms with Crippen LogP contribution in [0.25, 0.3) is 0 Å². The smallest absolute Gasteiger partial charge is 0.358 e. The number of halogens is 1. The van der Waals surface area contributed by atoms with Crippen molar-refractivity contribution in [1.82, 2.24) is 9.97 Å². The zero-order valence-electron chi connectivity index (χ0n) is 11.8. The monoisotopic (exact) mass is 298 g/mol. The van der Waals surface area contributed by atoms with Gasteiger partial charge in [-0.3, -0.25) is 0 Å². The summed E-state index contributed by atoms with van der Waals surface area (Å²) >= 11 is 5.95. The Morgan fingerprint density at radius 3 is 3.05 bits per heavy atom. The molecule has 0 aliphatic carbocycles. The Balaban J connectivity index is 1.92. The fraction of sp³-hybridized carbons (Fsp3) is 0.643. The van der Waals surface area contributed by atoms with Crippen LogP contribution in [0.4, 0.5) is 0 Å². The van der Waals surface area contributed by atoms with E-state index in [1.807, 2.05) is 13.8 Å². The van der Waals surface area contributed by atoms with Gasteiger partial charge in [-0.2, -0.15) is 0 Å². The normalized spacial score (nSPS) is 18.5. The van der Waals surface area contributed by atoms with Crippen LogP contribution in [0.15, 0.2) is 6.20 Å². The Kier molecular flexibility index (Phi) is 5.31. The van der Waals surface area contributed by atoms with Gasteiger partial charge in [-0.25, -0.2) is 14.8 Å². The van der Waals surface area contributed by atoms with Crippen molar-refractivity contribution in [3.8, 4) is 0 Å². The molecular formula is C14H19ClN2O3.